The van der Waals surface area contributed by atoms with E-state index in [1.807, 2.05) is 55.5 Å². The third kappa shape index (κ3) is 4.00. The topological polar surface area (TPSA) is 29.5 Å². The molecule has 5 heteroatoms. The van der Waals surface area contributed by atoms with Crippen LogP contribution in [0.4, 0.5) is 5.69 Å². The van der Waals surface area contributed by atoms with Crippen molar-refractivity contribution in [2.75, 3.05) is 11.5 Å². The summed E-state index contributed by atoms with van der Waals surface area (Å²) >= 11 is 6.90. The zero-order chi connectivity index (χ0) is 21.1. The lowest BCUT2D eigenvalue weighted by molar-refractivity contribution is -0.113. The number of amides is 1. The Morgan fingerprint density at radius 2 is 1.83 bits per heavy atom. The van der Waals surface area contributed by atoms with Crippen LogP contribution in [0.25, 0.3) is 16.8 Å². The molecule has 1 fully saturated rings. The van der Waals surface area contributed by atoms with Crippen LogP contribution in [0.2, 0.25) is 0 Å². The van der Waals surface area contributed by atoms with Crippen LogP contribution < -0.4 is 9.64 Å². The number of hydrogen-bond acceptors (Lipinski definition) is 4. The second kappa shape index (κ2) is 9.02. The van der Waals surface area contributed by atoms with Crippen molar-refractivity contribution >= 4 is 56.7 Å². The van der Waals surface area contributed by atoms with Crippen LogP contribution in [0.15, 0.2) is 65.6 Å². The number of carbonyl (C=O) groups is 1. The first-order valence-electron chi connectivity index (χ1n) is 10.1. The number of ether oxygens (including phenoxy) is 1. The van der Waals surface area contributed by atoms with Crippen molar-refractivity contribution in [3.8, 4) is 5.75 Å². The quantitative estimate of drug-likeness (QED) is 0.245. The second-order valence-electron chi connectivity index (χ2n) is 7.20. The predicted molar refractivity (Wildman–Crippen MR) is 131 cm³/mol. The number of hydrogen-bond donors (Lipinski definition) is 0. The smallest absolute Gasteiger partial charge is 0.270 e. The summed E-state index contributed by atoms with van der Waals surface area (Å²) in [6.45, 7) is 4.78. The molecule has 0 unspecified atom stereocenters. The molecule has 4 rings (SSSR count). The van der Waals surface area contributed by atoms with E-state index in [4.69, 9.17) is 17.0 Å². The number of anilines is 1. The normalized spacial score (nSPS) is 15.4. The van der Waals surface area contributed by atoms with E-state index >= 15 is 0 Å². The molecule has 1 saturated heterocycles. The number of para-hydroxylation sites is 1. The van der Waals surface area contributed by atoms with Crippen molar-refractivity contribution in [1.82, 2.24) is 0 Å². The zero-order valence-corrected chi connectivity index (χ0v) is 18.7. The molecule has 0 aliphatic carbocycles. The summed E-state index contributed by atoms with van der Waals surface area (Å²) in [4.78, 5) is 15.5. The third-order valence-electron chi connectivity index (χ3n) is 5.11. The molecule has 0 atom stereocenters. The molecular formula is C25H23NO2S2. The Morgan fingerprint density at radius 3 is 2.63 bits per heavy atom. The number of unbranched alkanes of at least 4 members (excludes halogenated alkanes) is 1. The van der Waals surface area contributed by atoms with Gasteiger partial charge in [-0.2, -0.15) is 0 Å². The molecule has 0 radical (unpaired) electrons. The minimum atomic E-state index is -0.0910. The molecule has 1 amide bonds. The molecule has 3 aromatic rings. The van der Waals surface area contributed by atoms with Gasteiger partial charge in [0.15, 0.2) is 4.32 Å². The molecule has 1 aliphatic rings. The number of fused-ring (bicyclic) bond motifs is 1. The Bertz CT molecular complexity index is 1150. The van der Waals surface area contributed by atoms with E-state index in [1.54, 1.807) is 4.90 Å². The lowest BCUT2D eigenvalue weighted by Crippen LogP contribution is -2.28. The van der Waals surface area contributed by atoms with Gasteiger partial charge in [-0.3, -0.25) is 9.69 Å². The molecule has 0 bridgehead atoms. The molecule has 152 valence electrons. The van der Waals surface area contributed by atoms with Gasteiger partial charge in [0.05, 0.1) is 17.2 Å². The van der Waals surface area contributed by atoms with E-state index < -0.39 is 0 Å². The zero-order valence-electron chi connectivity index (χ0n) is 17.1. The van der Waals surface area contributed by atoms with E-state index in [0.717, 1.165) is 46.2 Å². The fourth-order valence-electron chi connectivity index (χ4n) is 3.50. The van der Waals surface area contributed by atoms with Gasteiger partial charge in [0, 0.05) is 5.56 Å². The maximum atomic E-state index is 13.3. The fraction of sp³-hybridized carbons (Fsp3) is 0.200. The first-order valence-corrected chi connectivity index (χ1v) is 11.3. The van der Waals surface area contributed by atoms with Gasteiger partial charge in [0.1, 0.15) is 5.75 Å². The standard InChI is InChI=1S/C25H23NO2S2/c1-3-4-15-28-22-14-13-18-10-6-7-11-19(18)20(22)16-23-24(27)26(25(29)30-23)21-12-8-5-9-17(21)2/h5-14,16H,3-4,15H2,1-2H3. The number of carbonyl (C=O) groups excluding carboxylic acids is 1. The third-order valence-corrected chi connectivity index (χ3v) is 6.41. The molecule has 0 saturated carbocycles. The van der Waals surface area contributed by atoms with Crippen LogP contribution in [0.5, 0.6) is 5.75 Å². The van der Waals surface area contributed by atoms with Gasteiger partial charge in [-0.1, -0.05) is 85.9 Å². The van der Waals surface area contributed by atoms with Crippen molar-refractivity contribution in [2.45, 2.75) is 26.7 Å². The maximum Gasteiger partial charge on any atom is 0.270 e. The monoisotopic (exact) mass is 433 g/mol. The Labute approximate surface area is 186 Å². The van der Waals surface area contributed by atoms with Gasteiger partial charge >= 0.3 is 0 Å². The molecule has 0 aromatic heterocycles. The average molecular weight is 434 g/mol. The van der Waals surface area contributed by atoms with Gasteiger partial charge in [0.2, 0.25) is 0 Å². The number of thiocarbonyl (C=S) groups is 1. The van der Waals surface area contributed by atoms with Crippen molar-refractivity contribution in [2.24, 2.45) is 0 Å². The van der Waals surface area contributed by atoms with Crippen LogP contribution in [0, 0.1) is 6.92 Å². The summed E-state index contributed by atoms with van der Waals surface area (Å²) in [5.74, 6) is 0.704. The highest BCUT2D eigenvalue weighted by atomic mass is 32.2. The molecular weight excluding hydrogens is 410 g/mol. The van der Waals surface area contributed by atoms with Crippen LogP contribution in [0.1, 0.15) is 30.9 Å². The van der Waals surface area contributed by atoms with Crippen LogP contribution in [0.3, 0.4) is 0 Å². The van der Waals surface area contributed by atoms with Crippen molar-refractivity contribution < 1.29 is 9.53 Å². The summed E-state index contributed by atoms with van der Waals surface area (Å²) in [6.07, 6.45) is 3.99. The molecule has 0 N–H and O–H groups in total. The Hall–Kier alpha value is -2.63. The van der Waals surface area contributed by atoms with Crippen LogP contribution in [-0.4, -0.2) is 16.8 Å². The Morgan fingerprint density at radius 1 is 1.07 bits per heavy atom. The number of benzene rings is 3. The fourth-order valence-corrected chi connectivity index (χ4v) is 4.76. The minimum Gasteiger partial charge on any atom is -0.493 e. The Kier molecular flexibility index (Phi) is 6.21. The Balaban J connectivity index is 1.77. The molecule has 3 aromatic carbocycles. The molecule has 30 heavy (non-hydrogen) atoms. The molecule has 1 aliphatic heterocycles. The van der Waals surface area contributed by atoms with Gasteiger partial charge in [-0.25, -0.2) is 0 Å². The lowest BCUT2D eigenvalue weighted by Gasteiger charge is -2.17. The van der Waals surface area contributed by atoms with Crippen LogP contribution in [-0.2, 0) is 4.79 Å². The SMILES string of the molecule is CCCCOc1ccc2ccccc2c1C=C1SC(=S)N(c2ccccc2C)C1=O. The highest BCUT2D eigenvalue weighted by Crippen LogP contribution is 2.39. The van der Waals surface area contributed by atoms with E-state index in [9.17, 15) is 4.79 Å². The average Bonchev–Trinajstić information content (AvgIpc) is 3.03. The first-order chi connectivity index (χ1) is 14.6. The highest BCUT2D eigenvalue weighted by molar-refractivity contribution is 8.27. The number of rotatable bonds is 6. The van der Waals surface area contributed by atoms with Gasteiger partial charge in [-0.05, 0) is 47.9 Å². The summed E-state index contributed by atoms with van der Waals surface area (Å²) in [7, 11) is 0. The maximum absolute atomic E-state index is 13.3. The van der Waals surface area contributed by atoms with Gasteiger partial charge < -0.3 is 4.74 Å². The molecule has 1 heterocycles. The minimum absolute atomic E-state index is 0.0910. The number of nitrogens with zero attached hydrogens (tertiary/aromatic N) is 1. The summed E-state index contributed by atoms with van der Waals surface area (Å²) in [5, 5.41) is 2.17. The largest absolute Gasteiger partial charge is 0.493 e. The van der Waals surface area contributed by atoms with E-state index in [1.165, 1.54) is 11.8 Å². The predicted octanol–water partition coefficient (Wildman–Crippen LogP) is 6.73. The van der Waals surface area contributed by atoms with E-state index in [-0.39, 0.29) is 5.91 Å². The van der Waals surface area contributed by atoms with Gasteiger partial charge in [-0.15, -0.1) is 0 Å². The summed E-state index contributed by atoms with van der Waals surface area (Å²) in [6, 6.07) is 20.0. The first kappa shape index (κ1) is 20.6. The van der Waals surface area contributed by atoms with Gasteiger partial charge in [0.25, 0.3) is 5.91 Å². The summed E-state index contributed by atoms with van der Waals surface area (Å²) < 4.78 is 6.63. The van der Waals surface area contributed by atoms with Crippen LogP contribution >= 0.6 is 24.0 Å². The van der Waals surface area contributed by atoms with Crippen molar-refractivity contribution in [3.05, 3.63) is 76.7 Å². The number of aryl methyl sites for hydroxylation is 1. The molecule has 3 nitrogen and oxygen atoms in total. The van der Waals surface area contributed by atoms with Crippen molar-refractivity contribution in [3.63, 3.8) is 0 Å². The lowest BCUT2D eigenvalue weighted by atomic mass is 10.0. The molecule has 0 spiro atoms. The summed E-state index contributed by atoms with van der Waals surface area (Å²) in [5.41, 5.74) is 2.78. The van der Waals surface area contributed by atoms with E-state index in [2.05, 4.69) is 25.1 Å². The van der Waals surface area contributed by atoms with E-state index in [0.29, 0.717) is 15.8 Å². The van der Waals surface area contributed by atoms with Crippen molar-refractivity contribution in [1.29, 1.82) is 0 Å². The highest BCUT2D eigenvalue weighted by Gasteiger charge is 2.34. The second-order valence-corrected chi connectivity index (χ2v) is 8.88. The number of thioether (sulfide) groups is 1.